The average Bonchev–Trinajstić information content (AvgIpc) is 2.73. The summed E-state index contributed by atoms with van der Waals surface area (Å²) in [5.74, 6) is -2.74. The number of ether oxygens (including phenoxy) is 1. The molecule has 1 heterocycles. The normalized spacial score (nSPS) is 21.0. The molecule has 0 bridgehead atoms. The van der Waals surface area contributed by atoms with Gasteiger partial charge in [-0.1, -0.05) is 0 Å². The third-order valence-corrected chi connectivity index (χ3v) is 3.05. The van der Waals surface area contributed by atoms with Gasteiger partial charge in [0.15, 0.2) is 17.4 Å². The van der Waals surface area contributed by atoms with E-state index in [1.165, 1.54) is 12.1 Å². The second-order valence-corrected chi connectivity index (χ2v) is 4.29. The summed E-state index contributed by atoms with van der Waals surface area (Å²) in [7, 11) is 1.66. The van der Waals surface area contributed by atoms with Crippen molar-refractivity contribution in [2.75, 3.05) is 20.2 Å². The minimum atomic E-state index is -0.914. The van der Waals surface area contributed by atoms with Crippen molar-refractivity contribution >= 4 is 0 Å². The molecule has 1 atom stereocenters. The molecule has 94 valence electrons. The maximum absolute atomic E-state index is 13.1. The highest BCUT2D eigenvalue weighted by Gasteiger charge is 2.22. The molecule has 0 radical (unpaired) electrons. The van der Waals surface area contributed by atoms with Crippen molar-refractivity contribution in [1.82, 2.24) is 4.90 Å². The highest BCUT2D eigenvalue weighted by Crippen LogP contribution is 2.23. The maximum Gasteiger partial charge on any atom is 0.187 e. The molecule has 2 rings (SSSR count). The summed E-state index contributed by atoms with van der Waals surface area (Å²) in [6, 6.07) is 2.33. The summed E-state index contributed by atoms with van der Waals surface area (Å²) < 4.78 is 31.5. The van der Waals surface area contributed by atoms with Gasteiger partial charge in [0, 0.05) is 26.7 Å². The highest BCUT2D eigenvalue weighted by atomic mass is 19.1. The lowest BCUT2D eigenvalue weighted by Crippen LogP contribution is -2.22. The number of rotatable bonds is 3. The SMILES string of the molecule is COC1CCN(Cc2cc(F)c(O)c(F)c2)C1. The number of halogens is 2. The van der Waals surface area contributed by atoms with Gasteiger partial charge in [0.1, 0.15) is 0 Å². The molecule has 1 aromatic rings. The largest absolute Gasteiger partial charge is 0.503 e. The Morgan fingerprint density at radius 2 is 2.06 bits per heavy atom. The Balaban J connectivity index is 2.04. The minimum Gasteiger partial charge on any atom is -0.503 e. The Hall–Kier alpha value is -1.20. The lowest BCUT2D eigenvalue weighted by Gasteiger charge is -2.15. The van der Waals surface area contributed by atoms with Gasteiger partial charge >= 0.3 is 0 Å². The Morgan fingerprint density at radius 1 is 1.41 bits per heavy atom. The molecule has 1 aromatic carbocycles. The van der Waals surface area contributed by atoms with E-state index in [1.54, 1.807) is 7.11 Å². The second kappa shape index (κ2) is 4.98. The van der Waals surface area contributed by atoms with Crippen molar-refractivity contribution < 1.29 is 18.6 Å². The van der Waals surface area contributed by atoms with Gasteiger partial charge in [0.25, 0.3) is 0 Å². The molecule has 0 saturated carbocycles. The molecule has 1 N–H and O–H groups in total. The van der Waals surface area contributed by atoms with E-state index in [0.29, 0.717) is 12.1 Å². The number of benzene rings is 1. The Morgan fingerprint density at radius 3 is 2.59 bits per heavy atom. The van der Waals surface area contributed by atoms with Crippen LogP contribution in [0.25, 0.3) is 0 Å². The monoisotopic (exact) mass is 243 g/mol. The van der Waals surface area contributed by atoms with Crippen LogP contribution >= 0.6 is 0 Å². The number of nitrogens with zero attached hydrogens (tertiary/aromatic N) is 1. The van der Waals surface area contributed by atoms with Crippen molar-refractivity contribution in [3.8, 4) is 5.75 Å². The van der Waals surface area contributed by atoms with Gasteiger partial charge in [-0.2, -0.15) is 0 Å². The first-order valence-corrected chi connectivity index (χ1v) is 5.52. The van der Waals surface area contributed by atoms with Crippen LogP contribution in [0.2, 0.25) is 0 Å². The quantitative estimate of drug-likeness (QED) is 0.880. The van der Waals surface area contributed by atoms with Crippen LogP contribution in [-0.4, -0.2) is 36.3 Å². The Bertz CT molecular complexity index is 388. The lowest BCUT2D eigenvalue weighted by molar-refractivity contribution is 0.107. The molecule has 1 saturated heterocycles. The van der Waals surface area contributed by atoms with E-state index in [9.17, 15) is 8.78 Å². The van der Waals surface area contributed by atoms with E-state index in [-0.39, 0.29) is 6.10 Å². The van der Waals surface area contributed by atoms with Crippen LogP contribution in [-0.2, 0) is 11.3 Å². The predicted octanol–water partition coefficient (Wildman–Crippen LogP) is 1.89. The van der Waals surface area contributed by atoms with E-state index < -0.39 is 17.4 Å². The van der Waals surface area contributed by atoms with Crippen LogP contribution in [0.1, 0.15) is 12.0 Å². The maximum atomic E-state index is 13.1. The zero-order valence-corrected chi connectivity index (χ0v) is 9.62. The molecule has 0 amide bonds. The van der Waals surface area contributed by atoms with Crippen molar-refractivity contribution in [3.05, 3.63) is 29.3 Å². The minimum absolute atomic E-state index is 0.196. The van der Waals surface area contributed by atoms with E-state index in [2.05, 4.69) is 4.90 Å². The zero-order valence-electron chi connectivity index (χ0n) is 9.62. The summed E-state index contributed by atoms with van der Waals surface area (Å²) in [6.07, 6.45) is 1.13. The van der Waals surface area contributed by atoms with Crippen LogP contribution in [0.3, 0.4) is 0 Å². The first-order valence-electron chi connectivity index (χ1n) is 5.52. The lowest BCUT2D eigenvalue weighted by atomic mass is 10.2. The van der Waals surface area contributed by atoms with E-state index in [4.69, 9.17) is 9.84 Å². The van der Waals surface area contributed by atoms with Crippen LogP contribution in [0.15, 0.2) is 12.1 Å². The van der Waals surface area contributed by atoms with Gasteiger partial charge in [-0.3, -0.25) is 4.90 Å². The third kappa shape index (κ3) is 2.73. The number of likely N-dealkylation sites (tertiary alicyclic amines) is 1. The fourth-order valence-electron chi connectivity index (χ4n) is 2.10. The molecule has 0 aromatic heterocycles. The van der Waals surface area contributed by atoms with E-state index in [1.807, 2.05) is 0 Å². The summed E-state index contributed by atoms with van der Waals surface area (Å²) >= 11 is 0. The van der Waals surface area contributed by atoms with Gasteiger partial charge in [-0.25, -0.2) is 8.78 Å². The molecule has 1 unspecified atom stereocenters. The number of hydrogen-bond acceptors (Lipinski definition) is 3. The standard InChI is InChI=1S/C12H15F2NO2/c1-17-9-2-3-15(7-9)6-8-4-10(13)12(16)11(14)5-8/h4-5,9,16H,2-3,6-7H2,1H3. The molecule has 0 aliphatic carbocycles. The van der Waals surface area contributed by atoms with Gasteiger partial charge in [0.05, 0.1) is 6.10 Å². The molecular formula is C12H15F2NO2. The topological polar surface area (TPSA) is 32.7 Å². The third-order valence-electron chi connectivity index (χ3n) is 3.05. The van der Waals surface area contributed by atoms with Crippen LogP contribution in [0.4, 0.5) is 8.78 Å². The molecular weight excluding hydrogens is 228 g/mol. The summed E-state index contributed by atoms with van der Waals surface area (Å²) in [4.78, 5) is 2.07. The molecule has 1 fully saturated rings. The summed E-state index contributed by atoms with van der Waals surface area (Å²) in [5.41, 5.74) is 0.523. The van der Waals surface area contributed by atoms with Crippen LogP contribution < -0.4 is 0 Å². The number of methoxy groups -OCH3 is 1. The zero-order chi connectivity index (χ0) is 12.4. The van der Waals surface area contributed by atoms with Crippen LogP contribution in [0, 0.1) is 11.6 Å². The smallest absolute Gasteiger partial charge is 0.187 e. The Kier molecular flexibility index (Phi) is 3.59. The van der Waals surface area contributed by atoms with Crippen molar-refractivity contribution in [2.24, 2.45) is 0 Å². The van der Waals surface area contributed by atoms with Crippen molar-refractivity contribution in [2.45, 2.75) is 19.1 Å². The molecule has 0 spiro atoms. The van der Waals surface area contributed by atoms with Gasteiger partial charge in [-0.05, 0) is 24.1 Å². The number of phenolic OH excluding ortho intramolecular Hbond substituents is 1. The fourth-order valence-corrected chi connectivity index (χ4v) is 2.10. The average molecular weight is 243 g/mol. The molecule has 1 aliphatic rings. The van der Waals surface area contributed by atoms with Gasteiger partial charge in [-0.15, -0.1) is 0 Å². The number of phenols is 1. The Labute approximate surface area is 98.6 Å². The van der Waals surface area contributed by atoms with Crippen molar-refractivity contribution in [3.63, 3.8) is 0 Å². The number of hydrogen-bond donors (Lipinski definition) is 1. The first kappa shape index (κ1) is 12.3. The predicted molar refractivity (Wildman–Crippen MR) is 58.7 cm³/mol. The molecule has 17 heavy (non-hydrogen) atoms. The summed E-state index contributed by atoms with van der Waals surface area (Å²) in [6.45, 7) is 2.08. The van der Waals surface area contributed by atoms with E-state index in [0.717, 1.165) is 19.5 Å². The molecule has 5 heteroatoms. The van der Waals surface area contributed by atoms with Crippen LogP contribution in [0.5, 0.6) is 5.75 Å². The number of aromatic hydroxyl groups is 1. The van der Waals surface area contributed by atoms with Gasteiger partial charge < -0.3 is 9.84 Å². The molecule has 1 aliphatic heterocycles. The van der Waals surface area contributed by atoms with Crippen molar-refractivity contribution in [1.29, 1.82) is 0 Å². The summed E-state index contributed by atoms with van der Waals surface area (Å²) in [5, 5.41) is 8.99. The van der Waals surface area contributed by atoms with Gasteiger partial charge in [0.2, 0.25) is 0 Å². The second-order valence-electron chi connectivity index (χ2n) is 4.29. The first-order chi connectivity index (χ1) is 8.10. The van der Waals surface area contributed by atoms with E-state index >= 15 is 0 Å². The highest BCUT2D eigenvalue weighted by molar-refractivity contribution is 5.30. The molecule has 3 nitrogen and oxygen atoms in total. The fraction of sp³-hybridized carbons (Fsp3) is 0.500.